The van der Waals surface area contributed by atoms with Crippen LogP contribution in [0.15, 0.2) is 41.8 Å². The number of carboxylic acid groups (broad SMARTS) is 1. The summed E-state index contributed by atoms with van der Waals surface area (Å²) in [5, 5.41) is 10.7. The van der Waals surface area contributed by atoms with E-state index in [-0.39, 0.29) is 28.2 Å². The zero-order valence-corrected chi connectivity index (χ0v) is 17.6. The Kier molecular flexibility index (Phi) is 5.86. The maximum absolute atomic E-state index is 14.6. The van der Waals surface area contributed by atoms with Gasteiger partial charge in [-0.15, -0.1) is 11.3 Å². The predicted octanol–water partition coefficient (Wildman–Crippen LogP) is 5.05. The van der Waals surface area contributed by atoms with Crippen LogP contribution in [0, 0.1) is 11.6 Å². The van der Waals surface area contributed by atoms with Crippen molar-refractivity contribution in [2.75, 3.05) is 4.90 Å². The van der Waals surface area contributed by atoms with Gasteiger partial charge in [0.25, 0.3) is 5.91 Å². The van der Waals surface area contributed by atoms with Crippen LogP contribution in [0.1, 0.15) is 36.7 Å². The molecular weight excluding hydrogens is 485 g/mol. The molecule has 176 valence electrons. The summed E-state index contributed by atoms with van der Waals surface area (Å²) < 4.78 is 72.5. The highest BCUT2D eigenvalue weighted by atomic mass is 32.1. The number of hydrogen-bond donors (Lipinski definition) is 1. The molecule has 3 aromatic rings. The van der Waals surface area contributed by atoms with Crippen LogP contribution in [0.3, 0.4) is 0 Å². The average molecular weight is 497 g/mol. The second-order valence-corrected chi connectivity index (χ2v) is 8.07. The Morgan fingerprint density at radius 2 is 1.79 bits per heavy atom. The number of anilines is 1. The lowest BCUT2D eigenvalue weighted by atomic mass is 10.0. The number of alkyl halides is 3. The molecule has 6 nitrogen and oxygen atoms in total. The van der Waals surface area contributed by atoms with Crippen molar-refractivity contribution in [3.63, 3.8) is 0 Å². The highest BCUT2D eigenvalue weighted by Crippen LogP contribution is 2.35. The summed E-state index contributed by atoms with van der Waals surface area (Å²) in [6.07, 6.45) is -5.04. The first-order valence-electron chi connectivity index (χ1n) is 9.46. The van der Waals surface area contributed by atoms with Crippen molar-refractivity contribution in [3.8, 4) is 5.75 Å². The molecule has 2 aromatic carbocycles. The van der Waals surface area contributed by atoms with Crippen LogP contribution in [-0.2, 0) is 24.0 Å². The van der Waals surface area contributed by atoms with Gasteiger partial charge in [0.15, 0.2) is 0 Å². The molecule has 0 atom stereocenters. The van der Waals surface area contributed by atoms with Crippen molar-refractivity contribution >= 4 is 34.8 Å². The van der Waals surface area contributed by atoms with Crippen molar-refractivity contribution in [3.05, 3.63) is 80.5 Å². The number of fused-ring (bicyclic) bond motifs is 1. The number of ether oxygens (including phenoxy) is 1. The van der Waals surface area contributed by atoms with Gasteiger partial charge in [0, 0.05) is 11.6 Å². The summed E-state index contributed by atoms with van der Waals surface area (Å²) in [7, 11) is 0. The number of amides is 2. The van der Waals surface area contributed by atoms with Gasteiger partial charge in [-0.3, -0.25) is 9.59 Å². The monoisotopic (exact) mass is 497 g/mol. The minimum absolute atomic E-state index is 0.164. The summed E-state index contributed by atoms with van der Waals surface area (Å²) in [5.74, 6) is -5.35. The Morgan fingerprint density at radius 3 is 2.47 bits per heavy atom. The highest BCUT2D eigenvalue weighted by Gasteiger charge is 2.38. The highest BCUT2D eigenvalue weighted by molar-refractivity contribution is 7.12. The van der Waals surface area contributed by atoms with Crippen molar-refractivity contribution < 1.29 is 46.2 Å². The van der Waals surface area contributed by atoms with Gasteiger partial charge in [-0.1, -0.05) is 0 Å². The summed E-state index contributed by atoms with van der Waals surface area (Å²) in [6, 6.07) is 4.68. The molecule has 0 fully saturated rings. The van der Waals surface area contributed by atoms with Crippen LogP contribution >= 0.6 is 11.3 Å². The zero-order valence-electron chi connectivity index (χ0n) is 16.8. The maximum atomic E-state index is 14.6. The van der Waals surface area contributed by atoms with Crippen molar-refractivity contribution in [2.45, 2.75) is 19.2 Å². The molecular formula is C22H12F5NO5S. The lowest BCUT2D eigenvalue weighted by molar-refractivity contribution is -0.137. The topological polar surface area (TPSA) is 83.9 Å². The van der Waals surface area contributed by atoms with Crippen LogP contribution in [0.4, 0.5) is 27.6 Å². The van der Waals surface area contributed by atoms with E-state index < -0.39 is 59.0 Å². The number of hydrogen-bond acceptors (Lipinski definition) is 5. The van der Waals surface area contributed by atoms with Gasteiger partial charge in [-0.05, 0) is 41.3 Å². The predicted molar refractivity (Wildman–Crippen MR) is 109 cm³/mol. The van der Waals surface area contributed by atoms with E-state index in [1.807, 2.05) is 0 Å². The normalized spacial score (nSPS) is 13.7. The average Bonchev–Trinajstić information content (AvgIpc) is 3.18. The number of carbonyl (C=O) groups excluding carboxylic acids is 2. The Labute approximate surface area is 191 Å². The molecule has 1 aliphatic heterocycles. The fraction of sp³-hybridized carbons (Fsp3) is 0.136. The van der Waals surface area contributed by atoms with E-state index in [9.17, 15) is 41.4 Å². The third kappa shape index (κ3) is 4.23. The molecule has 0 radical (unpaired) electrons. The SMILES string of the molecule is O=C(O)c1scc2c1C(=O)N(c1cc(OCc3cc(C(F)(F)F)ccc3F)ccc1F)C(=O)C2. The molecule has 0 saturated carbocycles. The molecule has 0 aliphatic carbocycles. The molecule has 0 spiro atoms. The summed E-state index contributed by atoms with van der Waals surface area (Å²) in [6.45, 7) is -0.652. The number of aromatic carboxylic acids is 1. The first-order chi connectivity index (χ1) is 16.0. The third-order valence-corrected chi connectivity index (χ3v) is 6.01. The van der Waals surface area contributed by atoms with Crippen LogP contribution in [-0.4, -0.2) is 22.9 Å². The largest absolute Gasteiger partial charge is 0.489 e. The van der Waals surface area contributed by atoms with E-state index in [2.05, 4.69) is 0 Å². The standard InChI is InChI=1S/C22H12F5NO5S/c23-14-3-1-12(22(25,26)27)5-10(14)8-33-13-2-4-15(24)16(7-13)28-17(29)6-11-9-34-19(21(31)32)18(11)20(28)30/h1-5,7,9H,6,8H2,(H,31,32). The fourth-order valence-electron chi connectivity index (χ4n) is 3.40. The molecule has 12 heteroatoms. The van der Waals surface area contributed by atoms with Crippen molar-refractivity contribution in [2.24, 2.45) is 0 Å². The quantitative estimate of drug-likeness (QED) is 0.394. The zero-order chi connectivity index (χ0) is 24.8. The van der Waals surface area contributed by atoms with E-state index in [1.54, 1.807) is 0 Å². The minimum atomic E-state index is -4.70. The Hall–Kier alpha value is -3.80. The van der Waals surface area contributed by atoms with E-state index in [0.717, 1.165) is 29.5 Å². The van der Waals surface area contributed by atoms with Crippen LogP contribution in [0.25, 0.3) is 0 Å². The van der Waals surface area contributed by atoms with E-state index in [4.69, 9.17) is 4.74 Å². The Balaban J connectivity index is 1.63. The van der Waals surface area contributed by atoms with E-state index in [1.165, 1.54) is 5.38 Å². The number of carbonyl (C=O) groups is 3. The lowest BCUT2D eigenvalue weighted by Crippen LogP contribution is -2.43. The van der Waals surface area contributed by atoms with Gasteiger partial charge in [0.2, 0.25) is 5.91 Å². The number of benzene rings is 2. The molecule has 34 heavy (non-hydrogen) atoms. The second-order valence-electron chi connectivity index (χ2n) is 7.19. The first-order valence-corrected chi connectivity index (χ1v) is 10.3. The van der Waals surface area contributed by atoms with E-state index in [0.29, 0.717) is 23.1 Å². The maximum Gasteiger partial charge on any atom is 0.416 e. The first kappa shape index (κ1) is 23.4. The van der Waals surface area contributed by atoms with Gasteiger partial charge in [0.1, 0.15) is 28.9 Å². The van der Waals surface area contributed by atoms with Gasteiger partial charge in [-0.25, -0.2) is 18.5 Å². The van der Waals surface area contributed by atoms with Gasteiger partial charge < -0.3 is 9.84 Å². The second kappa shape index (κ2) is 8.52. The fourth-order valence-corrected chi connectivity index (χ4v) is 4.30. The summed E-state index contributed by atoms with van der Waals surface area (Å²) in [4.78, 5) is 37.1. The molecule has 2 amide bonds. The molecule has 1 N–H and O–H groups in total. The molecule has 1 aliphatic rings. The number of imide groups is 1. The molecule has 0 bridgehead atoms. The van der Waals surface area contributed by atoms with Crippen LogP contribution in [0.2, 0.25) is 0 Å². The number of carboxylic acids is 1. The molecule has 2 heterocycles. The Bertz CT molecular complexity index is 1330. The number of halogens is 5. The van der Waals surface area contributed by atoms with Crippen LogP contribution in [0.5, 0.6) is 5.75 Å². The van der Waals surface area contributed by atoms with Crippen LogP contribution < -0.4 is 9.64 Å². The van der Waals surface area contributed by atoms with Gasteiger partial charge >= 0.3 is 12.1 Å². The number of nitrogens with zero attached hydrogens (tertiary/aromatic N) is 1. The minimum Gasteiger partial charge on any atom is -0.489 e. The lowest BCUT2D eigenvalue weighted by Gasteiger charge is -2.26. The molecule has 0 saturated heterocycles. The third-order valence-electron chi connectivity index (χ3n) is 5.00. The number of rotatable bonds is 5. The smallest absolute Gasteiger partial charge is 0.416 e. The number of thiophene rings is 1. The van der Waals surface area contributed by atoms with Crippen molar-refractivity contribution in [1.29, 1.82) is 0 Å². The summed E-state index contributed by atoms with van der Waals surface area (Å²) in [5.41, 5.74) is -2.06. The van der Waals surface area contributed by atoms with Gasteiger partial charge in [0.05, 0.1) is 23.2 Å². The molecule has 1 aromatic heterocycles. The summed E-state index contributed by atoms with van der Waals surface area (Å²) >= 11 is 0.760. The van der Waals surface area contributed by atoms with E-state index >= 15 is 0 Å². The molecule has 0 unspecified atom stereocenters. The molecule has 4 rings (SSSR count). The Morgan fingerprint density at radius 1 is 1.09 bits per heavy atom. The van der Waals surface area contributed by atoms with Crippen molar-refractivity contribution in [1.82, 2.24) is 0 Å². The van der Waals surface area contributed by atoms with Gasteiger partial charge in [-0.2, -0.15) is 13.2 Å².